The van der Waals surface area contributed by atoms with E-state index in [1.165, 1.54) is 18.6 Å². The number of hydrogen-bond acceptors (Lipinski definition) is 5. The fourth-order valence-electron chi connectivity index (χ4n) is 4.21. The molecule has 8 heteroatoms. The highest BCUT2D eigenvalue weighted by Gasteiger charge is 2.19. The highest BCUT2D eigenvalue weighted by atomic mass is 19.1. The number of imidazole rings is 1. The van der Waals surface area contributed by atoms with Gasteiger partial charge < -0.3 is 16.2 Å². The van der Waals surface area contributed by atoms with E-state index >= 15 is 4.39 Å². The SMILES string of the molecule is CNCc1ccccc1-c1ccc(-c2ncc3ncn(-c4cccc(C(N)=O)c4)c3c2O)c(F)c1. The Kier molecular flexibility index (Phi) is 5.72. The number of hydrogen-bond donors (Lipinski definition) is 3. The van der Waals surface area contributed by atoms with E-state index in [0.29, 0.717) is 28.8 Å². The van der Waals surface area contributed by atoms with Crippen LogP contribution in [-0.2, 0) is 6.54 Å². The van der Waals surface area contributed by atoms with E-state index in [0.717, 1.165) is 16.7 Å². The fourth-order valence-corrected chi connectivity index (χ4v) is 4.21. The lowest BCUT2D eigenvalue weighted by molar-refractivity contribution is 0.1000. The predicted molar refractivity (Wildman–Crippen MR) is 133 cm³/mol. The average molecular weight is 468 g/mol. The lowest BCUT2D eigenvalue weighted by Gasteiger charge is -2.12. The third-order valence-electron chi connectivity index (χ3n) is 5.89. The largest absolute Gasteiger partial charge is 0.504 e. The monoisotopic (exact) mass is 467 g/mol. The van der Waals surface area contributed by atoms with Crippen molar-refractivity contribution in [3.05, 3.63) is 96.2 Å². The van der Waals surface area contributed by atoms with E-state index in [9.17, 15) is 9.90 Å². The minimum absolute atomic E-state index is 0.0952. The Labute approximate surface area is 200 Å². The molecule has 5 rings (SSSR count). The van der Waals surface area contributed by atoms with Crippen LogP contribution < -0.4 is 11.1 Å². The number of benzene rings is 3. The zero-order chi connectivity index (χ0) is 24.5. The molecule has 0 aliphatic carbocycles. The summed E-state index contributed by atoms with van der Waals surface area (Å²) >= 11 is 0. The molecule has 0 aliphatic rings. The second-order valence-corrected chi connectivity index (χ2v) is 8.10. The van der Waals surface area contributed by atoms with Crippen molar-refractivity contribution in [1.29, 1.82) is 0 Å². The molecule has 7 nitrogen and oxygen atoms in total. The first-order valence-corrected chi connectivity index (χ1v) is 11.0. The van der Waals surface area contributed by atoms with E-state index in [4.69, 9.17) is 5.73 Å². The van der Waals surface area contributed by atoms with Gasteiger partial charge in [0.25, 0.3) is 0 Å². The quantitative estimate of drug-likeness (QED) is 0.343. The molecule has 35 heavy (non-hydrogen) atoms. The number of aromatic hydroxyl groups is 1. The Morgan fingerprint density at radius 3 is 2.66 bits per heavy atom. The maximum Gasteiger partial charge on any atom is 0.248 e. The van der Waals surface area contributed by atoms with Crippen LogP contribution in [0.3, 0.4) is 0 Å². The van der Waals surface area contributed by atoms with Gasteiger partial charge in [0.1, 0.15) is 28.9 Å². The standard InChI is InChI=1S/C27H22FN5O2/c1-30-13-18-5-2-3-8-20(18)16-9-10-21(22(28)12-16)24-26(34)25-23(14-31-24)32-15-33(25)19-7-4-6-17(11-19)27(29)35/h2-12,14-15,30,34H,13H2,1H3,(H2,29,35). The summed E-state index contributed by atoms with van der Waals surface area (Å²) in [4.78, 5) is 20.2. The summed E-state index contributed by atoms with van der Waals surface area (Å²) in [6, 6.07) is 19.3. The molecule has 5 aromatic rings. The highest BCUT2D eigenvalue weighted by Crippen LogP contribution is 2.37. The van der Waals surface area contributed by atoms with Crippen LogP contribution in [0.25, 0.3) is 39.1 Å². The van der Waals surface area contributed by atoms with Crippen LogP contribution in [0.4, 0.5) is 4.39 Å². The third kappa shape index (κ3) is 4.00. The molecular weight excluding hydrogens is 445 g/mol. The first kappa shape index (κ1) is 22.2. The van der Waals surface area contributed by atoms with Crippen LogP contribution in [0.1, 0.15) is 15.9 Å². The zero-order valence-electron chi connectivity index (χ0n) is 18.9. The second-order valence-electron chi connectivity index (χ2n) is 8.10. The van der Waals surface area contributed by atoms with Crippen molar-refractivity contribution in [2.75, 3.05) is 7.05 Å². The maximum atomic E-state index is 15.4. The molecule has 4 N–H and O–H groups in total. The van der Waals surface area contributed by atoms with Gasteiger partial charge in [-0.05, 0) is 54.1 Å². The molecule has 0 bridgehead atoms. The van der Waals surface area contributed by atoms with Gasteiger partial charge in [0.15, 0.2) is 5.75 Å². The number of nitrogens with zero attached hydrogens (tertiary/aromatic N) is 3. The number of halogens is 1. The number of fused-ring (bicyclic) bond motifs is 1. The van der Waals surface area contributed by atoms with Crippen LogP contribution in [0.15, 0.2) is 79.3 Å². The number of nitrogens with two attached hydrogens (primary N) is 1. The number of carbonyl (C=O) groups excluding carboxylic acids is 1. The van der Waals surface area contributed by atoms with Crippen molar-refractivity contribution in [1.82, 2.24) is 19.9 Å². The molecule has 3 aromatic carbocycles. The van der Waals surface area contributed by atoms with Gasteiger partial charge in [-0.3, -0.25) is 9.36 Å². The summed E-state index contributed by atoms with van der Waals surface area (Å²) in [5.74, 6) is -1.29. The van der Waals surface area contributed by atoms with Crippen molar-refractivity contribution >= 4 is 16.9 Å². The maximum absolute atomic E-state index is 15.4. The second kappa shape index (κ2) is 9.00. The highest BCUT2D eigenvalue weighted by molar-refractivity contribution is 5.94. The van der Waals surface area contributed by atoms with Gasteiger partial charge in [-0.2, -0.15) is 0 Å². The van der Waals surface area contributed by atoms with Gasteiger partial charge in [-0.1, -0.05) is 36.4 Å². The Morgan fingerprint density at radius 2 is 1.89 bits per heavy atom. The van der Waals surface area contributed by atoms with Crippen LogP contribution in [0.2, 0.25) is 0 Å². The van der Waals surface area contributed by atoms with Gasteiger partial charge in [-0.15, -0.1) is 0 Å². The molecule has 0 radical (unpaired) electrons. The summed E-state index contributed by atoms with van der Waals surface area (Å²) in [7, 11) is 1.86. The zero-order valence-corrected chi connectivity index (χ0v) is 18.9. The minimum atomic E-state index is -0.568. The lowest BCUT2D eigenvalue weighted by Crippen LogP contribution is -2.11. The molecule has 0 aliphatic heterocycles. The van der Waals surface area contributed by atoms with Gasteiger partial charge in [0, 0.05) is 23.4 Å². The Morgan fingerprint density at radius 1 is 1.06 bits per heavy atom. The summed E-state index contributed by atoms with van der Waals surface area (Å²) in [6.07, 6.45) is 2.99. The number of rotatable bonds is 6. The molecule has 2 heterocycles. The number of amides is 1. The van der Waals surface area contributed by atoms with Crippen LogP contribution in [0, 0.1) is 5.82 Å². The van der Waals surface area contributed by atoms with Gasteiger partial charge in [0.05, 0.1) is 6.20 Å². The summed E-state index contributed by atoms with van der Waals surface area (Å²) < 4.78 is 17.0. The topological polar surface area (TPSA) is 106 Å². The summed E-state index contributed by atoms with van der Waals surface area (Å²) in [5, 5.41) is 14.3. The van der Waals surface area contributed by atoms with E-state index in [-0.39, 0.29) is 17.0 Å². The molecule has 0 saturated heterocycles. The number of aromatic nitrogens is 3. The molecule has 0 unspecified atom stereocenters. The van der Waals surface area contributed by atoms with Crippen LogP contribution >= 0.6 is 0 Å². The molecule has 2 aromatic heterocycles. The Balaban J connectivity index is 1.61. The first-order chi connectivity index (χ1) is 17.0. The Bertz CT molecular complexity index is 1580. The fraction of sp³-hybridized carbons (Fsp3) is 0.0741. The number of carbonyl (C=O) groups is 1. The smallest absolute Gasteiger partial charge is 0.248 e. The van der Waals surface area contributed by atoms with E-state index in [1.807, 2.05) is 37.4 Å². The average Bonchev–Trinajstić information content (AvgIpc) is 3.30. The molecule has 0 spiro atoms. The molecular formula is C27H22FN5O2. The molecule has 0 fully saturated rings. The van der Waals surface area contributed by atoms with Crippen molar-refractivity contribution in [2.24, 2.45) is 5.73 Å². The van der Waals surface area contributed by atoms with Crippen LogP contribution in [0.5, 0.6) is 5.75 Å². The molecule has 174 valence electrons. The van der Waals surface area contributed by atoms with E-state index in [2.05, 4.69) is 15.3 Å². The number of pyridine rings is 1. The molecule has 0 atom stereocenters. The van der Waals surface area contributed by atoms with Crippen molar-refractivity contribution in [3.8, 4) is 33.8 Å². The lowest BCUT2D eigenvalue weighted by atomic mass is 9.97. The van der Waals surface area contributed by atoms with Crippen molar-refractivity contribution in [2.45, 2.75) is 6.54 Å². The predicted octanol–water partition coefficient (Wildman–Crippen LogP) is 4.42. The normalized spacial score (nSPS) is 11.1. The van der Waals surface area contributed by atoms with Crippen molar-refractivity contribution < 1.29 is 14.3 Å². The Hall–Kier alpha value is -4.56. The van der Waals surface area contributed by atoms with E-state index < -0.39 is 11.7 Å². The number of primary amides is 1. The van der Waals surface area contributed by atoms with Gasteiger partial charge in [0.2, 0.25) is 5.91 Å². The van der Waals surface area contributed by atoms with Crippen LogP contribution in [-0.4, -0.2) is 32.6 Å². The molecule has 0 saturated carbocycles. The minimum Gasteiger partial charge on any atom is -0.504 e. The van der Waals surface area contributed by atoms with Gasteiger partial charge in [-0.25, -0.2) is 14.4 Å². The summed E-state index contributed by atoms with van der Waals surface area (Å²) in [6.45, 7) is 0.652. The first-order valence-electron chi connectivity index (χ1n) is 11.0. The van der Waals surface area contributed by atoms with Crippen molar-refractivity contribution in [3.63, 3.8) is 0 Å². The number of nitrogens with one attached hydrogen (secondary N) is 1. The molecule has 1 amide bonds. The van der Waals surface area contributed by atoms with Gasteiger partial charge >= 0.3 is 0 Å². The van der Waals surface area contributed by atoms with E-state index in [1.54, 1.807) is 34.9 Å². The summed E-state index contributed by atoms with van der Waals surface area (Å²) in [5.41, 5.74) is 10.0. The third-order valence-corrected chi connectivity index (χ3v) is 5.89.